The zero-order valence-electron chi connectivity index (χ0n) is 12.0. The van der Waals surface area contributed by atoms with E-state index in [1.165, 1.54) is 0 Å². The SMILES string of the molecule is CCCC1(C(=O)N2CCC(C)(C(N)=O)C2)CCNC1. The van der Waals surface area contributed by atoms with Gasteiger partial charge in [-0.2, -0.15) is 0 Å². The molecular formula is C14H25N3O2. The van der Waals surface area contributed by atoms with Gasteiger partial charge in [-0.25, -0.2) is 0 Å². The molecule has 0 aromatic heterocycles. The Kier molecular flexibility index (Phi) is 3.85. The van der Waals surface area contributed by atoms with Gasteiger partial charge in [0.1, 0.15) is 0 Å². The van der Waals surface area contributed by atoms with Crippen LogP contribution in [0.3, 0.4) is 0 Å². The molecule has 3 N–H and O–H groups in total. The van der Waals surface area contributed by atoms with Crippen LogP contribution in [0.2, 0.25) is 0 Å². The summed E-state index contributed by atoms with van der Waals surface area (Å²) in [5.41, 5.74) is 4.65. The van der Waals surface area contributed by atoms with Gasteiger partial charge >= 0.3 is 0 Å². The Morgan fingerprint density at radius 1 is 1.37 bits per heavy atom. The maximum Gasteiger partial charge on any atom is 0.230 e. The molecular weight excluding hydrogens is 242 g/mol. The normalized spacial score (nSPS) is 34.7. The first-order chi connectivity index (χ1) is 8.93. The highest BCUT2D eigenvalue weighted by Gasteiger charge is 2.47. The number of nitrogens with zero attached hydrogens (tertiary/aromatic N) is 1. The van der Waals surface area contributed by atoms with Gasteiger partial charge in [-0.1, -0.05) is 13.3 Å². The number of likely N-dealkylation sites (tertiary alicyclic amines) is 1. The Morgan fingerprint density at radius 2 is 2.11 bits per heavy atom. The van der Waals surface area contributed by atoms with Crippen LogP contribution in [0.5, 0.6) is 0 Å². The summed E-state index contributed by atoms with van der Waals surface area (Å²) in [5, 5.41) is 3.31. The Morgan fingerprint density at radius 3 is 2.58 bits per heavy atom. The van der Waals surface area contributed by atoms with Crippen molar-refractivity contribution in [2.75, 3.05) is 26.2 Å². The van der Waals surface area contributed by atoms with Crippen molar-refractivity contribution in [3.63, 3.8) is 0 Å². The van der Waals surface area contributed by atoms with E-state index in [1.807, 2.05) is 11.8 Å². The van der Waals surface area contributed by atoms with Gasteiger partial charge in [-0.3, -0.25) is 9.59 Å². The molecule has 5 nitrogen and oxygen atoms in total. The van der Waals surface area contributed by atoms with Crippen LogP contribution >= 0.6 is 0 Å². The number of carbonyl (C=O) groups is 2. The average Bonchev–Trinajstić information content (AvgIpc) is 2.97. The fourth-order valence-corrected chi connectivity index (χ4v) is 3.40. The van der Waals surface area contributed by atoms with Crippen LogP contribution in [0.15, 0.2) is 0 Å². The molecule has 0 saturated carbocycles. The Hall–Kier alpha value is -1.10. The van der Waals surface area contributed by atoms with E-state index in [9.17, 15) is 9.59 Å². The molecule has 2 heterocycles. The lowest BCUT2D eigenvalue weighted by Crippen LogP contribution is -2.46. The highest BCUT2D eigenvalue weighted by Crippen LogP contribution is 2.37. The molecule has 2 aliphatic heterocycles. The predicted molar refractivity (Wildman–Crippen MR) is 73.3 cm³/mol. The lowest BCUT2D eigenvalue weighted by Gasteiger charge is -2.32. The van der Waals surface area contributed by atoms with E-state index in [1.54, 1.807) is 0 Å². The number of primary amides is 1. The smallest absolute Gasteiger partial charge is 0.230 e. The third kappa shape index (κ3) is 2.48. The summed E-state index contributed by atoms with van der Waals surface area (Å²) in [5.74, 6) is -0.0822. The molecule has 0 radical (unpaired) electrons. The van der Waals surface area contributed by atoms with Gasteiger partial charge in [-0.05, 0) is 32.7 Å². The van der Waals surface area contributed by atoms with Crippen LogP contribution < -0.4 is 11.1 Å². The van der Waals surface area contributed by atoms with Crippen molar-refractivity contribution in [3.05, 3.63) is 0 Å². The first-order valence-electron chi connectivity index (χ1n) is 7.23. The van der Waals surface area contributed by atoms with Gasteiger partial charge in [0.05, 0.1) is 10.8 Å². The monoisotopic (exact) mass is 267 g/mol. The van der Waals surface area contributed by atoms with Crippen LogP contribution in [0, 0.1) is 10.8 Å². The summed E-state index contributed by atoms with van der Waals surface area (Å²) >= 11 is 0. The van der Waals surface area contributed by atoms with Gasteiger partial charge in [-0.15, -0.1) is 0 Å². The van der Waals surface area contributed by atoms with Crippen molar-refractivity contribution in [2.45, 2.75) is 39.5 Å². The topological polar surface area (TPSA) is 75.4 Å². The average molecular weight is 267 g/mol. The van der Waals surface area contributed by atoms with Crippen LogP contribution in [-0.4, -0.2) is 42.9 Å². The van der Waals surface area contributed by atoms with Crippen molar-refractivity contribution < 1.29 is 9.59 Å². The van der Waals surface area contributed by atoms with Crippen molar-refractivity contribution in [1.29, 1.82) is 0 Å². The van der Waals surface area contributed by atoms with E-state index in [2.05, 4.69) is 12.2 Å². The van der Waals surface area contributed by atoms with E-state index in [0.29, 0.717) is 19.5 Å². The minimum absolute atomic E-state index is 0.212. The number of hydrogen-bond donors (Lipinski definition) is 2. The van der Waals surface area contributed by atoms with E-state index >= 15 is 0 Å². The third-order valence-corrected chi connectivity index (χ3v) is 4.78. The van der Waals surface area contributed by atoms with E-state index in [0.717, 1.165) is 32.4 Å². The predicted octanol–water partition coefficient (Wildman–Crippen LogP) is 0.490. The van der Waals surface area contributed by atoms with Crippen molar-refractivity contribution in [2.24, 2.45) is 16.6 Å². The highest BCUT2D eigenvalue weighted by molar-refractivity contribution is 5.86. The minimum Gasteiger partial charge on any atom is -0.369 e. The standard InChI is InChI=1S/C14H25N3O2/c1-3-4-14(5-7-16-9-14)12(19)17-8-6-13(2,10-17)11(15)18/h16H,3-10H2,1-2H3,(H2,15,18). The minimum atomic E-state index is -0.547. The third-order valence-electron chi connectivity index (χ3n) is 4.78. The molecule has 5 heteroatoms. The summed E-state index contributed by atoms with van der Waals surface area (Å²) in [6, 6.07) is 0. The van der Waals surface area contributed by atoms with Crippen LogP contribution in [0.4, 0.5) is 0 Å². The number of hydrogen-bond acceptors (Lipinski definition) is 3. The summed E-state index contributed by atoms with van der Waals surface area (Å²) < 4.78 is 0. The maximum atomic E-state index is 12.8. The fourth-order valence-electron chi connectivity index (χ4n) is 3.40. The first-order valence-corrected chi connectivity index (χ1v) is 7.23. The molecule has 2 rings (SSSR count). The van der Waals surface area contributed by atoms with Gasteiger partial charge in [0.2, 0.25) is 11.8 Å². The van der Waals surface area contributed by atoms with Crippen LogP contribution in [0.25, 0.3) is 0 Å². The molecule has 0 bridgehead atoms. The summed E-state index contributed by atoms with van der Waals surface area (Å²) in [4.78, 5) is 26.1. The molecule has 2 amide bonds. The quantitative estimate of drug-likeness (QED) is 0.778. The zero-order valence-corrected chi connectivity index (χ0v) is 12.0. The maximum absolute atomic E-state index is 12.8. The number of carbonyl (C=O) groups excluding carboxylic acids is 2. The van der Waals surface area contributed by atoms with E-state index in [4.69, 9.17) is 5.73 Å². The summed E-state index contributed by atoms with van der Waals surface area (Å²) in [6.07, 6.45) is 3.52. The summed E-state index contributed by atoms with van der Waals surface area (Å²) in [6.45, 7) is 6.79. The number of nitrogens with two attached hydrogens (primary N) is 1. The summed E-state index contributed by atoms with van der Waals surface area (Å²) in [7, 11) is 0. The second-order valence-electron chi connectivity index (χ2n) is 6.36. The first kappa shape index (κ1) is 14.3. The van der Waals surface area contributed by atoms with Crippen molar-refractivity contribution >= 4 is 11.8 Å². The van der Waals surface area contributed by atoms with Gasteiger partial charge < -0.3 is 16.0 Å². The number of rotatable bonds is 4. The molecule has 0 spiro atoms. The molecule has 0 aromatic carbocycles. The molecule has 2 atom stereocenters. The molecule has 2 unspecified atom stereocenters. The largest absolute Gasteiger partial charge is 0.369 e. The molecule has 0 aliphatic carbocycles. The van der Waals surface area contributed by atoms with Crippen molar-refractivity contribution in [3.8, 4) is 0 Å². The second kappa shape index (κ2) is 5.12. The lowest BCUT2D eigenvalue weighted by molar-refractivity contribution is -0.141. The highest BCUT2D eigenvalue weighted by atomic mass is 16.2. The fraction of sp³-hybridized carbons (Fsp3) is 0.857. The van der Waals surface area contributed by atoms with Crippen molar-refractivity contribution in [1.82, 2.24) is 10.2 Å². The molecule has 19 heavy (non-hydrogen) atoms. The number of nitrogens with one attached hydrogen (secondary N) is 1. The number of amides is 2. The van der Waals surface area contributed by atoms with Gasteiger partial charge in [0.25, 0.3) is 0 Å². The Balaban J connectivity index is 2.10. The van der Waals surface area contributed by atoms with E-state index in [-0.39, 0.29) is 17.2 Å². The zero-order chi connectivity index (χ0) is 14.1. The van der Waals surface area contributed by atoms with Gasteiger partial charge in [0, 0.05) is 19.6 Å². The van der Waals surface area contributed by atoms with E-state index < -0.39 is 5.41 Å². The Bertz CT molecular complexity index is 377. The molecule has 2 saturated heterocycles. The molecule has 2 aliphatic rings. The Labute approximate surface area is 114 Å². The van der Waals surface area contributed by atoms with Crippen LogP contribution in [-0.2, 0) is 9.59 Å². The lowest BCUT2D eigenvalue weighted by atomic mass is 9.81. The molecule has 108 valence electrons. The molecule has 2 fully saturated rings. The van der Waals surface area contributed by atoms with Crippen LogP contribution in [0.1, 0.15) is 39.5 Å². The van der Waals surface area contributed by atoms with Gasteiger partial charge in [0.15, 0.2) is 0 Å². The molecule has 0 aromatic rings. The second-order valence-corrected chi connectivity index (χ2v) is 6.36.